The van der Waals surface area contributed by atoms with Crippen LogP contribution in [0.25, 0.3) is 0 Å². The number of oxime groups is 1. The number of piperidine rings is 1. The second kappa shape index (κ2) is 6.92. The van der Waals surface area contributed by atoms with E-state index < -0.39 is 5.41 Å². The molecule has 0 saturated carbocycles. The topological polar surface area (TPSA) is 82.2 Å². The van der Waals surface area contributed by atoms with Crippen molar-refractivity contribution in [1.82, 2.24) is 9.80 Å². The van der Waals surface area contributed by atoms with Crippen LogP contribution in [0.2, 0.25) is 0 Å². The number of carbonyl (C=O) groups excluding carboxylic acids is 1. The molecule has 116 valence electrons. The molecule has 0 aromatic rings. The molecule has 1 aliphatic heterocycles. The highest BCUT2D eigenvalue weighted by Gasteiger charge is 2.43. The molecule has 0 atom stereocenters. The monoisotopic (exact) mass is 284 g/mol. The molecular formula is C14H28N4O2. The van der Waals surface area contributed by atoms with Gasteiger partial charge in [-0.3, -0.25) is 4.79 Å². The third-order valence-electron chi connectivity index (χ3n) is 4.70. The zero-order valence-corrected chi connectivity index (χ0v) is 13.1. The van der Waals surface area contributed by atoms with Crippen LogP contribution < -0.4 is 5.73 Å². The lowest BCUT2D eigenvalue weighted by molar-refractivity contribution is -0.140. The van der Waals surface area contributed by atoms with Gasteiger partial charge in [-0.25, -0.2) is 0 Å². The molecule has 3 N–H and O–H groups in total. The number of hydrogen-bond donors (Lipinski definition) is 2. The van der Waals surface area contributed by atoms with Gasteiger partial charge in [-0.05, 0) is 39.8 Å². The molecule has 1 amide bonds. The summed E-state index contributed by atoms with van der Waals surface area (Å²) in [5.41, 5.74) is 4.94. The van der Waals surface area contributed by atoms with Crippen molar-refractivity contribution in [1.29, 1.82) is 0 Å². The van der Waals surface area contributed by atoms with E-state index in [-0.39, 0.29) is 11.7 Å². The highest BCUT2D eigenvalue weighted by molar-refractivity contribution is 6.06. The van der Waals surface area contributed by atoms with Gasteiger partial charge in [0.25, 0.3) is 0 Å². The third kappa shape index (κ3) is 3.06. The molecule has 0 bridgehead atoms. The van der Waals surface area contributed by atoms with Gasteiger partial charge in [-0.1, -0.05) is 19.0 Å². The van der Waals surface area contributed by atoms with E-state index in [1.165, 1.54) is 0 Å². The van der Waals surface area contributed by atoms with E-state index in [4.69, 9.17) is 10.9 Å². The van der Waals surface area contributed by atoms with E-state index in [1.54, 1.807) is 0 Å². The predicted octanol–water partition coefficient (Wildman–Crippen LogP) is 1.09. The van der Waals surface area contributed by atoms with E-state index in [0.29, 0.717) is 18.9 Å². The van der Waals surface area contributed by atoms with Crippen molar-refractivity contribution in [3.05, 3.63) is 0 Å². The van der Waals surface area contributed by atoms with Gasteiger partial charge < -0.3 is 20.7 Å². The molecule has 1 rings (SSSR count). The van der Waals surface area contributed by atoms with Crippen LogP contribution in [0.3, 0.4) is 0 Å². The molecule has 0 radical (unpaired) electrons. The van der Waals surface area contributed by atoms with Gasteiger partial charge in [-0.2, -0.15) is 0 Å². The second-order valence-electron chi connectivity index (χ2n) is 5.76. The molecule has 0 aromatic carbocycles. The maximum absolute atomic E-state index is 12.8. The molecule has 6 heteroatoms. The standard InChI is InChI=1S/C14H28N4O2/c1-5-14(6-2,12(15)16-20)13(19)18-9-7-11(8-10-18)17(3)4/h11,20H,5-10H2,1-4H3,(H2,15,16). The molecule has 6 nitrogen and oxygen atoms in total. The largest absolute Gasteiger partial charge is 0.409 e. The number of hydrogen-bond acceptors (Lipinski definition) is 4. The summed E-state index contributed by atoms with van der Waals surface area (Å²) in [4.78, 5) is 16.9. The minimum atomic E-state index is -0.861. The molecule has 1 fully saturated rings. The lowest BCUT2D eigenvalue weighted by atomic mass is 9.79. The molecule has 0 aromatic heterocycles. The maximum atomic E-state index is 12.8. The van der Waals surface area contributed by atoms with Crippen molar-refractivity contribution in [2.45, 2.75) is 45.6 Å². The SMILES string of the molecule is CCC(CC)(C(=O)N1CCC(N(C)C)CC1)C(N)=NO. The third-order valence-corrected chi connectivity index (χ3v) is 4.70. The first-order chi connectivity index (χ1) is 9.42. The highest BCUT2D eigenvalue weighted by Crippen LogP contribution is 2.31. The molecule has 1 saturated heterocycles. The van der Waals surface area contributed by atoms with Crippen LogP contribution in [0.15, 0.2) is 5.16 Å². The van der Waals surface area contributed by atoms with E-state index in [1.807, 2.05) is 18.7 Å². The molecule has 0 unspecified atom stereocenters. The van der Waals surface area contributed by atoms with Gasteiger partial charge in [0, 0.05) is 19.1 Å². The van der Waals surface area contributed by atoms with E-state index in [0.717, 1.165) is 25.9 Å². The molecule has 20 heavy (non-hydrogen) atoms. The highest BCUT2D eigenvalue weighted by atomic mass is 16.4. The van der Waals surface area contributed by atoms with Crippen LogP contribution in [0.4, 0.5) is 0 Å². The van der Waals surface area contributed by atoms with Crippen molar-refractivity contribution < 1.29 is 10.0 Å². The van der Waals surface area contributed by atoms with E-state index >= 15 is 0 Å². The minimum Gasteiger partial charge on any atom is -0.409 e. The number of likely N-dealkylation sites (tertiary alicyclic amines) is 1. The summed E-state index contributed by atoms with van der Waals surface area (Å²) in [6, 6.07) is 0.528. The Balaban J connectivity index is 2.83. The lowest BCUT2D eigenvalue weighted by Crippen LogP contribution is -2.54. The number of nitrogens with zero attached hydrogens (tertiary/aromatic N) is 3. The van der Waals surface area contributed by atoms with Gasteiger partial charge >= 0.3 is 0 Å². The van der Waals surface area contributed by atoms with E-state index in [2.05, 4.69) is 24.2 Å². The van der Waals surface area contributed by atoms with E-state index in [9.17, 15) is 4.79 Å². The number of carbonyl (C=O) groups is 1. The minimum absolute atomic E-state index is 0.00462. The first-order valence-corrected chi connectivity index (χ1v) is 7.36. The Kier molecular flexibility index (Phi) is 5.80. The van der Waals surface area contributed by atoms with Crippen molar-refractivity contribution in [2.75, 3.05) is 27.2 Å². The van der Waals surface area contributed by atoms with Gasteiger partial charge in [-0.15, -0.1) is 0 Å². The molecule has 1 heterocycles. The summed E-state index contributed by atoms with van der Waals surface area (Å²) in [6.45, 7) is 5.29. The van der Waals surface area contributed by atoms with Crippen molar-refractivity contribution >= 4 is 11.7 Å². The van der Waals surface area contributed by atoms with Crippen LogP contribution in [-0.2, 0) is 4.79 Å². The summed E-state index contributed by atoms with van der Waals surface area (Å²) >= 11 is 0. The quantitative estimate of drug-likeness (QED) is 0.343. The molecular weight excluding hydrogens is 256 g/mol. The van der Waals surface area contributed by atoms with Crippen LogP contribution in [-0.4, -0.2) is 60.0 Å². The molecule has 0 aliphatic carbocycles. The fraction of sp³-hybridized carbons (Fsp3) is 0.857. The Bertz CT molecular complexity index is 356. The Morgan fingerprint density at radius 3 is 2.20 bits per heavy atom. The van der Waals surface area contributed by atoms with Gasteiger partial charge in [0.1, 0.15) is 5.41 Å². The van der Waals surface area contributed by atoms with Gasteiger partial charge in [0.2, 0.25) is 5.91 Å². The maximum Gasteiger partial charge on any atom is 0.236 e. The van der Waals surface area contributed by atoms with Crippen molar-refractivity contribution in [3.8, 4) is 0 Å². The van der Waals surface area contributed by atoms with Crippen LogP contribution in [0, 0.1) is 5.41 Å². The molecule has 1 aliphatic rings. The normalized spacial score (nSPS) is 18.6. The fourth-order valence-corrected chi connectivity index (χ4v) is 3.01. The van der Waals surface area contributed by atoms with Crippen LogP contribution in [0.5, 0.6) is 0 Å². The number of rotatable bonds is 5. The Labute approximate surface area is 121 Å². The second-order valence-corrected chi connectivity index (χ2v) is 5.76. The predicted molar refractivity (Wildman–Crippen MR) is 79.7 cm³/mol. The average Bonchev–Trinajstić information content (AvgIpc) is 2.48. The van der Waals surface area contributed by atoms with Crippen LogP contribution >= 0.6 is 0 Å². The van der Waals surface area contributed by atoms with Crippen molar-refractivity contribution in [3.63, 3.8) is 0 Å². The van der Waals surface area contributed by atoms with Gasteiger partial charge in [0.15, 0.2) is 5.84 Å². The summed E-state index contributed by atoms with van der Waals surface area (Å²) in [5.74, 6) is 0.0252. The fourth-order valence-electron chi connectivity index (χ4n) is 3.01. The number of amidine groups is 1. The Hall–Kier alpha value is -1.30. The Morgan fingerprint density at radius 1 is 1.35 bits per heavy atom. The molecule has 0 spiro atoms. The van der Waals surface area contributed by atoms with Crippen LogP contribution in [0.1, 0.15) is 39.5 Å². The first kappa shape index (κ1) is 16.8. The summed E-state index contributed by atoms with van der Waals surface area (Å²) in [6.07, 6.45) is 3.04. The zero-order valence-electron chi connectivity index (χ0n) is 13.1. The Morgan fingerprint density at radius 2 is 1.85 bits per heavy atom. The number of nitrogens with two attached hydrogens (primary N) is 1. The average molecular weight is 284 g/mol. The lowest BCUT2D eigenvalue weighted by Gasteiger charge is -2.40. The smallest absolute Gasteiger partial charge is 0.236 e. The summed E-state index contributed by atoms with van der Waals surface area (Å²) < 4.78 is 0. The summed E-state index contributed by atoms with van der Waals surface area (Å²) in [7, 11) is 4.14. The number of amides is 1. The zero-order chi connectivity index (χ0) is 15.3. The van der Waals surface area contributed by atoms with Gasteiger partial charge in [0.05, 0.1) is 0 Å². The first-order valence-electron chi connectivity index (χ1n) is 7.36. The summed E-state index contributed by atoms with van der Waals surface area (Å²) in [5, 5.41) is 12.1. The van der Waals surface area contributed by atoms with Crippen molar-refractivity contribution in [2.24, 2.45) is 16.3 Å².